The quantitative estimate of drug-likeness (QED) is 0.739. The molecular weight excluding hydrogens is 302 g/mol. The van der Waals surface area contributed by atoms with Crippen LogP contribution < -0.4 is 0 Å². The fourth-order valence-corrected chi connectivity index (χ4v) is 3.72. The number of rotatable bonds is 2. The molecule has 7 nitrogen and oxygen atoms in total. The predicted molar refractivity (Wildman–Crippen MR) is 75.2 cm³/mol. The van der Waals surface area contributed by atoms with Crippen LogP contribution in [0.3, 0.4) is 0 Å². The van der Waals surface area contributed by atoms with Crippen molar-refractivity contribution >= 4 is 32.5 Å². The van der Waals surface area contributed by atoms with Gasteiger partial charge in [0.25, 0.3) is 0 Å². The zero-order valence-electron chi connectivity index (χ0n) is 11.0. The van der Waals surface area contributed by atoms with Gasteiger partial charge in [-0.3, -0.25) is 9.58 Å². The molecule has 3 heterocycles. The monoisotopic (exact) mass is 315 g/mol. The van der Waals surface area contributed by atoms with Crippen molar-refractivity contribution in [2.75, 3.05) is 24.6 Å². The summed E-state index contributed by atoms with van der Waals surface area (Å²) in [5.74, 6) is 0.967. The number of hydrogen-bond acceptors (Lipinski definition) is 6. The Morgan fingerprint density at radius 2 is 2.00 bits per heavy atom. The highest BCUT2D eigenvalue weighted by molar-refractivity contribution is 7.91. The van der Waals surface area contributed by atoms with E-state index in [9.17, 15) is 8.42 Å². The number of hydrogen-bond donors (Lipinski definition) is 0. The van der Waals surface area contributed by atoms with Crippen molar-refractivity contribution < 1.29 is 8.42 Å². The van der Waals surface area contributed by atoms with E-state index in [4.69, 9.17) is 11.6 Å². The lowest BCUT2D eigenvalue weighted by Crippen LogP contribution is -2.40. The largest absolute Gasteiger partial charge is 0.294 e. The van der Waals surface area contributed by atoms with Crippen LogP contribution in [0.25, 0.3) is 11.0 Å². The molecular formula is C11H14ClN5O2S. The number of halogens is 1. The average Bonchev–Trinajstić information content (AvgIpc) is 2.75. The molecule has 0 amide bonds. The topological polar surface area (TPSA) is 81.0 Å². The summed E-state index contributed by atoms with van der Waals surface area (Å²) in [6.45, 7) is 1.51. The number of fused-ring (bicyclic) bond motifs is 1. The molecule has 20 heavy (non-hydrogen) atoms. The molecule has 0 spiro atoms. The highest BCUT2D eigenvalue weighted by Gasteiger charge is 2.22. The van der Waals surface area contributed by atoms with Crippen molar-refractivity contribution in [3.05, 3.63) is 17.2 Å². The van der Waals surface area contributed by atoms with Crippen LogP contribution in [0.15, 0.2) is 6.20 Å². The molecule has 0 unspecified atom stereocenters. The van der Waals surface area contributed by atoms with Crippen LogP contribution in [-0.2, 0) is 23.4 Å². The first-order chi connectivity index (χ1) is 9.44. The lowest BCUT2D eigenvalue weighted by atomic mass is 10.4. The van der Waals surface area contributed by atoms with Gasteiger partial charge in [-0.25, -0.2) is 18.4 Å². The Kier molecular flexibility index (Phi) is 3.39. The van der Waals surface area contributed by atoms with Gasteiger partial charge in [0.15, 0.2) is 15.5 Å². The zero-order chi connectivity index (χ0) is 14.3. The Balaban J connectivity index is 1.83. The van der Waals surface area contributed by atoms with Crippen molar-refractivity contribution in [2.45, 2.75) is 6.54 Å². The summed E-state index contributed by atoms with van der Waals surface area (Å²) in [4.78, 5) is 10.7. The first-order valence-corrected chi connectivity index (χ1v) is 8.41. The lowest BCUT2D eigenvalue weighted by Gasteiger charge is -2.25. The summed E-state index contributed by atoms with van der Waals surface area (Å²) in [5, 5.41) is 5.20. The van der Waals surface area contributed by atoms with E-state index >= 15 is 0 Å². The summed E-state index contributed by atoms with van der Waals surface area (Å²) in [5.41, 5.74) is 0.685. The fourth-order valence-electron chi connectivity index (χ4n) is 2.21. The van der Waals surface area contributed by atoms with E-state index in [0.717, 1.165) is 5.39 Å². The van der Waals surface area contributed by atoms with Gasteiger partial charge in [-0.2, -0.15) is 5.10 Å². The Hall–Kier alpha value is -1.25. The van der Waals surface area contributed by atoms with Crippen LogP contribution in [-0.4, -0.2) is 57.7 Å². The van der Waals surface area contributed by atoms with E-state index < -0.39 is 9.84 Å². The van der Waals surface area contributed by atoms with Gasteiger partial charge in [0.1, 0.15) is 11.0 Å². The second-order valence-corrected chi connectivity index (χ2v) is 7.53. The SMILES string of the molecule is Cn1ncc2c(Cl)nc(CN3CCS(=O)(=O)CC3)nc21. The molecule has 0 bridgehead atoms. The van der Waals surface area contributed by atoms with Gasteiger partial charge in [-0.1, -0.05) is 11.6 Å². The average molecular weight is 316 g/mol. The third-order valence-corrected chi connectivity index (χ3v) is 5.29. The summed E-state index contributed by atoms with van der Waals surface area (Å²) < 4.78 is 24.4. The standard InChI is InChI=1S/C11H14ClN5O2S/c1-16-11-8(6-13-16)10(12)14-9(15-11)7-17-2-4-20(18,19)5-3-17/h6H,2-5,7H2,1H3. The van der Waals surface area contributed by atoms with Crippen molar-refractivity contribution in [1.29, 1.82) is 0 Å². The normalized spacial score (nSPS) is 19.5. The van der Waals surface area contributed by atoms with Crippen molar-refractivity contribution in [3.63, 3.8) is 0 Å². The summed E-state index contributed by atoms with van der Waals surface area (Å²) >= 11 is 6.12. The minimum atomic E-state index is -2.87. The molecule has 0 radical (unpaired) electrons. The maximum Gasteiger partial charge on any atom is 0.162 e. The molecule has 9 heteroatoms. The second-order valence-electron chi connectivity index (χ2n) is 4.86. The maximum atomic E-state index is 11.4. The predicted octanol–water partition coefficient (Wildman–Crippen LogP) is 0.247. The van der Waals surface area contributed by atoms with Crippen LogP contribution in [0, 0.1) is 0 Å². The third-order valence-electron chi connectivity index (χ3n) is 3.39. The number of nitrogens with zero attached hydrogens (tertiary/aromatic N) is 5. The smallest absolute Gasteiger partial charge is 0.162 e. The van der Waals surface area contributed by atoms with Crippen molar-refractivity contribution in [3.8, 4) is 0 Å². The Bertz CT molecular complexity index is 744. The van der Waals surface area contributed by atoms with Gasteiger partial charge in [-0.15, -0.1) is 0 Å². The van der Waals surface area contributed by atoms with E-state index in [2.05, 4.69) is 15.1 Å². The lowest BCUT2D eigenvalue weighted by molar-refractivity contribution is 0.281. The molecule has 0 aromatic carbocycles. The summed E-state index contributed by atoms with van der Waals surface area (Å²) in [7, 11) is -1.08. The molecule has 2 aromatic rings. The first-order valence-electron chi connectivity index (χ1n) is 6.21. The van der Waals surface area contributed by atoms with Gasteiger partial charge in [0.05, 0.1) is 29.6 Å². The molecule has 2 aromatic heterocycles. The molecule has 0 atom stereocenters. The van der Waals surface area contributed by atoms with E-state index in [1.54, 1.807) is 17.9 Å². The van der Waals surface area contributed by atoms with Crippen LogP contribution in [0.4, 0.5) is 0 Å². The second kappa shape index (κ2) is 4.94. The number of aryl methyl sites for hydroxylation is 1. The number of aromatic nitrogens is 4. The molecule has 1 fully saturated rings. The zero-order valence-corrected chi connectivity index (χ0v) is 12.5. The highest BCUT2D eigenvalue weighted by atomic mass is 35.5. The Labute approximate surface area is 121 Å². The third kappa shape index (κ3) is 2.63. The Morgan fingerprint density at radius 1 is 1.30 bits per heavy atom. The maximum absolute atomic E-state index is 11.4. The van der Waals surface area contributed by atoms with E-state index in [0.29, 0.717) is 36.3 Å². The molecule has 0 saturated carbocycles. The molecule has 0 N–H and O–H groups in total. The van der Waals surface area contributed by atoms with Gasteiger partial charge in [0, 0.05) is 20.1 Å². The fraction of sp³-hybridized carbons (Fsp3) is 0.545. The first kappa shape index (κ1) is 13.7. The van der Waals surface area contributed by atoms with Gasteiger partial charge >= 0.3 is 0 Å². The molecule has 3 rings (SSSR count). The van der Waals surface area contributed by atoms with Crippen LogP contribution in [0.5, 0.6) is 0 Å². The molecule has 1 aliphatic rings. The van der Waals surface area contributed by atoms with E-state index in [-0.39, 0.29) is 11.5 Å². The molecule has 108 valence electrons. The van der Waals surface area contributed by atoms with Gasteiger partial charge < -0.3 is 0 Å². The summed E-state index contributed by atoms with van der Waals surface area (Å²) in [6, 6.07) is 0. The summed E-state index contributed by atoms with van der Waals surface area (Å²) in [6.07, 6.45) is 1.63. The van der Waals surface area contributed by atoms with Crippen LogP contribution >= 0.6 is 11.6 Å². The molecule has 0 aliphatic carbocycles. The molecule has 1 saturated heterocycles. The van der Waals surface area contributed by atoms with Crippen molar-refractivity contribution in [1.82, 2.24) is 24.6 Å². The Morgan fingerprint density at radius 3 is 2.70 bits per heavy atom. The van der Waals surface area contributed by atoms with Crippen LogP contribution in [0.1, 0.15) is 5.82 Å². The highest BCUT2D eigenvalue weighted by Crippen LogP contribution is 2.20. The minimum Gasteiger partial charge on any atom is -0.294 e. The molecule has 1 aliphatic heterocycles. The van der Waals surface area contributed by atoms with E-state index in [1.807, 2.05) is 4.90 Å². The van der Waals surface area contributed by atoms with Gasteiger partial charge in [0.2, 0.25) is 0 Å². The minimum absolute atomic E-state index is 0.189. The number of sulfone groups is 1. The van der Waals surface area contributed by atoms with Gasteiger partial charge in [-0.05, 0) is 0 Å². The van der Waals surface area contributed by atoms with Crippen molar-refractivity contribution in [2.24, 2.45) is 7.05 Å². The van der Waals surface area contributed by atoms with Crippen LogP contribution in [0.2, 0.25) is 5.15 Å². The van der Waals surface area contributed by atoms with E-state index in [1.165, 1.54) is 0 Å².